The van der Waals surface area contributed by atoms with Gasteiger partial charge in [-0.15, -0.1) is 0 Å². The Morgan fingerprint density at radius 1 is 1.19 bits per heavy atom. The van der Waals surface area contributed by atoms with Crippen molar-refractivity contribution in [2.75, 3.05) is 0 Å². The third kappa shape index (κ3) is 2.76. The van der Waals surface area contributed by atoms with Crippen LogP contribution in [0, 0.1) is 0 Å². The van der Waals surface area contributed by atoms with Gasteiger partial charge < -0.3 is 5.73 Å². The van der Waals surface area contributed by atoms with E-state index >= 15 is 0 Å². The van der Waals surface area contributed by atoms with E-state index in [1.807, 2.05) is 0 Å². The topological polar surface area (TPSA) is 43.1 Å². The molecule has 1 rings (SSSR count). The van der Waals surface area contributed by atoms with Crippen molar-refractivity contribution in [3.63, 3.8) is 0 Å². The number of rotatable bonds is 2. The number of benzene rings is 1. The van der Waals surface area contributed by atoms with Crippen LogP contribution in [0.4, 0.5) is 19.4 Å². The van der Waals surface area contributed by atoms with Crippen molar-refractivity contribution >= 4 is 27.7 Å². The van der Waals surface area contributed by atoms with Gasteiger partial charge in [0, 0.05) is 0 Å². The van der Waals surface area contributed by atoms with Crippen LogP contribution >= 0.6 is 21.8 Å². The third-order valence-corrected chi connectivity index (χ3v) is 3.12. The van der Waals surface area contributed by atoms with Gasteiger partial charge in [0.2, 0.25) is 5.91 Å². The van der Waals surface area contributed by atoms with Crippen LogP contribution in [0.3, 0.4) is 0 Å². The molecule has 0 unspecified atom stereocenters. The summed E-state index contributed by atoms with van der Waals surface area (Å²) in [4.78, 5) is 8.45. The second-order valence-corrected chi connectivity index (χ2v) is 5.79. The fourth-order valence-electron chi connectivity index (χ4n) is 0.933. The van der Waals surface area contributed by atoms with Crippen molar-refractivity contribution in [2.24, 2.45) is 5.73 Å². The van der Waals surface area contributed by atoms with Gasteiger partial charge in [0.25, 0.3) is 0 Å². The molecule has 0 saturated heterocycles. The molecule has 9 heteroatoms. The maximum absolute atomic E-state index is 12.3. The highest BCUT2D eigenvalue weighted by Gasteiger charge is 2.65. The molecule has 1 amide bonds. The largest absolute Gasteiger partial charge is 0.366 e. The summed E-state index contributed by atoms with van der Waals surface area (Å²) in [5.74, 6) is -1.31. The molecule has 1 aromatic carbocycles. The minimum absolute atomic E-state index is 0.0494. The van der Waals surface area contributed by atoms with E-state index in [2.05, 4.69) is 0 Å². The van der Waals surface area contributed by atoms with Crippen LogP contribution < -0.4 is 5.73 Å². The van der Waals surface area contributed by atoms with Crippen LogP contribution in [0.25, 0.3) is 0 Å². The van der Waals surface area contributed by atoms with Gasteiger partial charge in [-0.25, -0.2) is 0 Å². The predicted molar refractivity (Wildman–Crippen MR) is 51.4 cm³/mol. The van der Waals surface area contributed by atoms with Crippen molar-refractivity contribution in [1.82, 2.24) is 0 Å². The maximum Gasteiger partial charge on any atom is 0.310 e. The fraction of sp³-hybridized carbons (Fsp3) is 0. The van der Waals surface area contributed by atoms with Crippen molar-refractivity contribution in [2.45, 2.75) is 4.90 Å². The Labute approximate surface area is 91.9 Å². The molecule has 0 bridgehead atoms. The molecule has 0 aromatic heterocycles. The molecule has 0 radical (unpaired) electrons. The Balaban J connectivity index is 3.54. The molecule has 16 heavy (non-hydrogen) atoms. The monoisotopic (exact) mass is 281 g/mol. The highest BCUT2D eigenvalue weighted by molar-refractivity contribution is 8.45. The minimum atomic E-state index is -9.80. The summed E-state index contributed by atoms with van der Waals surface area (Å²) in [5.41, 5.74) is 3.89. The summed E-state index contributed by atoms with van der Waals surface area (Å²) in [6.07, 6.45) is 0. The summed E-state index contributed by atoms with van der Waals surface area (Å²) in [5, 5.41) is -0.418. The smallest absolute Gasteiger partial charge is 0.310 e. The summed E-state index contributed by atoms with van der Waals surface area (Å²) in [7, 11) is -9.80. The minimum Gasteiger partial charge on any atom is -0.366 e. The van der Waals surface area contributed by atoms with Crippen molar-refractivity contribution in [3.8, 4) is 0 Å². The lowest BCUT2D eigenvalue weighted by Gasteiger charge is -2.40. The van der Waals surface area contributed by atoms with Crippen LogP contribution in [-0.4, -0.2) is 5.91 Å². The Hall–Kier alpha value is -1.02. The molecular formula is C7H5ClF5NOS. The average molecular weight is 282 g/mol. The van der Waals surface area contributed by atoms with Crippen molar-refractivity contribution in [1.29, 1.82) is 0 Å². The summed E-state index contributed by atoms with van der Waals surface area (Å²) in [6, 6.07) is 0.609. The van der Waals surface area contributed by atoms with E-state index in [0.717, 1.165) is 0 Å². The molecule has 0 aliphatic heterocycles. The van der Waals surface area contributed by atoms with Gasteiger partial charge in [0.15, 0.2) is 0 Å². The number of nitrogens with two attached hydrogens (primary N) is 1. The van der Waals surface area contributed by atoms with E-state index in [1.165, 1.54) is 0 Å². The number of carbonyl (C=O) groups excluding carboxylic acids is 1. The van der Waals surface area contributed by atoms with Gasteiger partial charge in [-0.1, -0.05) is 31.0 Å². The number of hydrogen-bond acceptors (Lipinski definition) is 1. The van der Waals surface area contributed by atoms with Gasteiger partial charge in [-0.2, -0.15) is 0 Å². The van der Waals surface area contributed by atoms with Crippen molar-refractivity contribution < 1.29 is 24.2 Å². The first-order valence-electron chi connectivity index (χ1n) is 3.65. The number of halogens is 6. The molecule has 0 aliphatic carbocycles. The summed E-state index contributed by atoms with van der Waals surface area (Å²) < 4.78 is 61.6. The average Bonchev–Trinajstić information content (AvgIpc) is 1.99. The molecule has 0 fully saturated rings. The SMILES string of the molecule is NC(=O)c1cc(S(F)(F)(F)(F)F)ccc1Cl. The van der Waals surface area contributed by atoms with E-state index in [0.29, 0.717) is 6.07 Å². The number of hydrogen-bond donors (Lipinski definition) is 1. The van der Waals surface area contributed by atoms with E-state index in [4.69, 9.17) is 17.3 Å². The molecule has 2 N–H and O–H groups in total. The standard InChI is InChI=1S/C7H5ClF5NOS/c8-6-2-1-4(3-5(6)7(14)15)16(9,10,11,12)13/h1-3H,(H2,14,15). The van der Waals surface area contributed by atoms with E-state index in [9.17, 15) is 24.2 Å². The lowest BCUT2D eigenvalue weighted by atomic mass is 10.2. The summed E-state index contributed by atoms with van der Waals surface area (Å²) >= 11 is 5.33. The van der Waals surface area contributed by atoms with Gasteiger partial charge in [-0.05, 0) is 18.2 Å². The van der Waals surface area contributed by atoms with Gasteiger partial charge in [0.1, 0.15) is 4.90 Å². The Kier molecular flexibility index (Phi) is 2.29. The molecule has 0 aliphatic rings. The second-order valence-electron chi connectivity index (χ2n) is 2.97. The molecule has 1 aromatic rings. The predicted octanol–water partition coefficient (Wildman–Crippen LogP) is 4.10. The van der Waals surface area contributed by atoms with E-state index < -0.39 is 31.6 Å². The lowest BCUT2D eigenvalue weighted by Crippen LogP contribution is -2.14. The first-order chi connectivity index (χ1) is 6.81. The zero-order chi connectivity index (χ0) is 12.8. The van der Waals surface area contributed by atoms with Crippen LogP contribution in [-0.2, 0) is 0 Å². The second kappa shape index (κ2) is 2.80. The molecule has 0 saturated carbocycles. The van der Waals surface area contributed by atoms with E-state index in [1.54, 1.807) is 0 Å². The van der Waals surface area contributed by atoms with Gasteiger partial charge in [-0.3, -0.25) is 4.79 Å². The molecule has 92 valence electrons. The van der Waals surface area contributed by atoms with Crippen LogP contribution in [0.2, 0.25) is 5.02 Å². The number of carbonyl (C=O) groups is 1. The normalized spacial score (nSPS) is 16.4. The van der Waals surface area contributed by atoms with Gasteiger partial charge in [0.05, 0.1) is 10.6 Å². The van der Waals surface area contributed by atoms with Crippen LogP contribution in [0.1, 0.15) is 10.4 Å². The summed E-state index contributed by atoms with van der Waals surface area (Å²) in [6.45, 7) is 0. The molecule has 0 spiro atoms. The molecule has 2 nitrogen and oxygen atoms in total. The third-order valence-electron chi connectivity index (χ3n) is 1.65. The highest BCUT2D eigenvalue weighted by Crippen LogP contribution is 3.02. The Morgan fingerprint density at radius 2 is 1.69 bits per heavy atom. The van der Waals surface area contributed by atoms with Crippen LogP contribution in [0.15, 0.2) is 23.1 Å². The highest BCUT2D eigenvalue weighted by atomic mass is 35.5. The Morgan fingerprint density at radius 3 is 2.06 bits per heavy atom. The molecule has 0 atom stereocenters. The van der Waals surface area contributed by atoms with Gasteiger partial charge >= 0.3 is 10.2 Å². The first kappa shape index (κ1) is 13.0. The zero-order valence-electron chi connectivity index (χ0n) is 7.39. The number of amides is 1. The molecular weight excluding hydrogens is 277 g/mol. The zero-order valence-corrected chi connectivity index (χ0v) is 8.97. The Bertz CT molecular complexity index is 471. The molecule has 0 heterocycles. The lowest BCUT2D eigenvalue weighted by molar-refractivity contribution is 0.100. The van der Waals surface area contributed by atoms with Crippen LogP contribution in [0.5, 0.6) is 0 Å². The van der Waals surface area contributed by atoms with Crippen molar-refractivity contribution in [3.05, 3.63) is 28.8 Å². The first-order valence-corrected chi connectivity index (χ1v) is 5.97. The quantitative estimate of drug-likeness (QED) is 0.815. The van der Waals surface area contributed by atoms with E-state index in [-0.39, 0.29) is 12.1 Å². The fourth-order valence-corrected chi connectivity index (χ4v) is 1.81. The maximum atomic E-state index is 12.3. The number of primary amides is 1.